The summed E-state index contributed by atoms with van der Waals surface area (Å²) >= 11 is 0. The second-order valence-corrected chi connectivity index (χ2v) is 3.12. The maximum Gasteiger partial charge on any atom is 0.163 e. The lowest BCUT2D eigenvalue weighted by molar-refractivity contribution is 0.496. The van der Waals surface area contributed by atoms with Crippen molar-refractivity contribution in [2.24, 2.45) is 0 Å². The Bertz CT molecular complexity index is 344. The summed E-state index contributed by atoms with van der Waals surface area (Å²) in [6, 6.07) is 4.15. The van der Waals surface area contributed by atoms with Gasteiger partial charge in [-0.3, -0.25) is 0 Å². The highest BCUT2D eigenvalue weighted by molar-refractivity contribution is 5.18. The largest absolute Gasteiger partial charge is 0.316 e. The van der Waals surface area contributed by atoms with Crippen LogP contribution < -0.4 is 5.32 Å². The van der Waals surface area contributed by atoms with Gasteiger partial charge >= 0.3 is 0 Å². The first-order valence-electron chi connectivity index (χ1n) is 4.88. The Morgan fingerprint density at radius 3 is 2.38 bits per heavy atom. The van der Waals surface area contributed by atoms with E-state index in [0.717, 1.165) is 6.07 Å². The first kappa shape index (κ1) is 14.7. The zero-order chi connectivity index (χ0) is 12.6. The lowest BCUT2D eigenvalue weighted by Crippen LogP contribution is -2.07. The van der Waals surface area contributed by atoms with Crippen LogP contribution in [0.15, 0.2) is 30.1 Å². The minimum atomic E-state index is -0.794. The molecule has 1 aromatic carbocycles. The van der Waals surface area contributed by atoms with Crippen LogP contribution in [0.2, 0.25) is 0 Å². The maximum absolute atomic E-state index is 12.8. The number of halogens is 3. The molecule has 0 aliphatic carbocycles. The summed E-state index contributed by atoms with van der Waals surface area (Å²) in [5.41, 5.74) is 0.354. The van der Waals surface area contributed by atoms with E-state index < -0.39 is 11.6 Å². The average Bonchev–Trinajstić information content (AvgIpc) is 2.26. The molecule has 0 heterocycles. The lowest BCUT2D eigenvalue weighted by atomic mass is 10.2. The summed E-state index contributed by atoms with van der Waals surface area (Å²) in [6.45, 7) is 3.43. The van der Waals surface area contributed by atoms with Gasteiger partial charge in [0, 0.05) is 12.1 Å². The summed E-state index contributed by atoms with van der Waals surface area (Å²) in [4.78, 5) is 0. The van der Waals surface area contributed by atoms with Crippen molar-refractivity contribution < 1.29 is 13.2 Å². The molecule has 0 radical (unpaired) electrons. The maximum atomic E-state index is 12.8. The third-order valence-corrected chi connectivity index (χ3v) is 1.80. The van der Waals surface area contributed by atoms with E-state index in [1.54, 1.807) is 20.0 Å². The van der Waals surface area contributed by atoms with Gasteiger partial charge in [0.25, 0.3) is 0 Å². The molecule has 0 aliphatic heterocycles. The number of hydrogen-bond donors (Lipinski definition) is 1. The van der Waals surface area contributed by atoms with E-state index in [1.807, 2.05) is 0 Å². The van der Waals surface area contributed by atoms with E-state index in [2.05, 4.69) is 5.32 Å². The fraction of sp³-hybridized carbons (Fsp3) is 0.333. The first-order chi connectivity index (χ1) is 7.52. The number of benzene rings is 1. The molecule has 0 amide bonds. The molecule has 1 N–H and O–H groups in total. The van der Waals surface area contributed by atoms with Gasteiger partial charge in [0.15, 0.2) is 11.6 Å². The highest BCUT2D eigenvalue weighted by Crippen LogP contribution is 2.10. The molecule has 16 heavy (non-hydrogen) atoms. The fourth-order valence-corrected chi connectivity index (χ4v) is 0.875. The van der Waals surface area contributed by atoms with Crippen molar-refractivity contribution in [1.82, 2.24) is 5.32 Å². The van der Waals surface area contributed by atoms with Gasteiger partial charge in [-0.1, -0.05) is 18.2 Å². The summed E-state index contributed by atoms with van der Waals surface area (Å²) in [6.07, 6.45) is 1.42. The third kappa shape index (κ3) is 5.56. The van der Waals surface area contributed by atoms with Crippen LogP contribution in [0.4, 0.5) is 13.2 Å². The van der Waals surface area contributed by atoms with Crippen molar-refractivity contribution in [3.05, 3.63) is 47.3 Å². The second kappa shape index (κ2) is 7.93. The molecule has 1 aromatic rings. The Kier molecular flexibility index (Phi) is 7.29. The van der Waals surface area contributed by atoms with Crippen molar-refractivity contribution in [3.63, 3.8) is 0 Å². The van der Waals surface area contributed by atoms with Crippen LogP contribution in [0.3, 0.4) is 0 Å². The summed E-state index contributed by atoms with van der Waals surface area (Å²) in [5, 5.41) is 2.75. The van der Waals surface area contributed by atoms with Crippen LogP contribution in [0.5, 0.6) is 0 Å². The van der Waals surface area contributed by atoms with Gasteiger partial charge in [0.1, 0.15) is 0 Å². The van der Waals surface area contributed by atoms with Crippen LogP contribution in [0.25, 0.3) is 0 Å². The summed E-state index contributed by atoms with van der Waals surface area (Å²) in [5.74, 6) is -1.68. The average molecular weight is 231 g/mol. The van der Waals surface area contributed by atoms with E-state index in [1.165, 1.54) is 19.1 Å². The van der Waals surface area contributed by atoms with Gasteiger partial charge in [-0.05, 0) is 27.0 Å². The summed E-state index contributed by atoms with van der Waals surface area (Å²) in [7, 11) is 1.68. The third-order valence-electron chi connectivity index (χ3n) is 1.80. The zero-order valence-corrected chi connectivity index (χ0v) is 9.65. The van der Waals surface area contributed by atoms with Gasteiger partial charge in [0.05, 0.1) is 5.83 Å². The van der Waals surface area contributed by atoms with Crippen molar-refractivity contribution >= 4 is 0 Å². The molecule has 0 spiro atoms. The van der Waals surface area contributed by atoms with Gasteiger partial charge in [-0.15, -0.1) is 0 Å². The van der Waals surface area contributed by atoms with Crippen LogP contribution >= 0.6 is 0 Å². The Labute approximate surface area is 94.0 Å². The van der Waals surface area contributed by atoms with Gasteiger partial charge in [-0.2, -0.15) is 0 Å². The molecule has 0 atom stereocenters. The van der Waals surface area contributed by atoms with Crippen molar-refractivity contribution in [2.75, 3.05) is 7.05 Å². The number of rotatable bonds is 2. The van der Waals surface area contributed by atoms with Gasteiger partial charge in [-0.25, -0.2) is 13.2 Å². The first-order valence-corrected chi connectivity index (χ1v) is 4.88. The highest BCUT2D eigenvalue weighted by atomic mass is 19.2. The van der Waals surface area contributed by atoms with E-state index in [4.69, 9.17) is 0 Å². The Morgan fingerprint density at radius 1 is 1.38 bits per heavy atom. The van der Waals surface area contributed by atoms with Crippen LogP contribution in [-0.2, 0) is 6.54 Å². The molecule has 4 heteroatoms. The molecular formula is C12H16F3N. The zero-order valence-electron chi connectivity index (χ0n) is 9.65. The Balaban J connectivity index is 0.000000385. The molecule has 0 aromatic heterocycles. The number of hydrogen-bond acceptors (Lipinski definition) is 1. The van der Waals surface area contributed by atoms with Crippen LogP contribution in [-0.4, -0.2) is 7.05 Å². The molecule has 90 valence electrons. The predicted octanol–water partition coefficient (Wildman–Crippen LogP) is 3.56. The molecule has 0 unspecified atom stereocenters. The summed E-state index contributed by atoms with van der Waals surface area (Å²) < 4.78 is 36.6. The van der Waals surface area contributed by atoms with Gasteiger partial charge < -0.3 is 5.32 Å². The normalized spacial score (nSPS) is 10.8. The monoisotopic (exact) mass is 231 g/mol. The second-order valence-electron chi connectivity index (χ2n) is 3.12. The Morgan fingerprint density at radius 2 is 1.94 bits per heavy atom. The molecule has 0 aliphatic rings. The lowest BCUT2D eigenvalue weighted by Gasteiger charge is -2.01. The molecular weight excluding hydrogens is 215 g/mol. The molecule has 0 fully saturated rings. The minimum absolute atomic E-state index is 0.120. The standard InChI is InChI=1S/C8H9F2N.C4H7F/c1-11-5-6-3-2-4-7(9)8(6)10;1-3-4(2)5/h2-4,11H,5H2,1H3;3H,1-2H3/b;4-3+. The quantitative estimate of drug-likeness (QED) is 0.820. The van der Waals surface area contributed by atoms with Crippen molar-refractivity contribution in [3.8, 4) is 0 Å². The molecule has 0 saturated carbocycles. The van der Waals surface area contributed by atoms with Crippen LogP contribution in [0, 0.1) is 11.6 Å². The smallest absolute Gasteiger partial charge is 0.163 e. The minimum Gasteiger partial charge on any atom is -0.316 e. The number of allylic oxidation sites excluding steroid dienone is 2. The molecule has 1 nitrogen and oxygen atoms in total. The highest BCUT2D eigenvalue weighted by Gasteiger charge is 2.04. The Hall–Kier alpha value is -1.29. The number of nitrogens with one attached hydrogen (secondary N) is 1. The predicted molar refractivity (Wildman–Crippen MR) is 59.7 cm³/mol. The topological polar surface area (TPSA) is 12.0 Å². The van der Waals surface area contributed by atoms with E-state index in [9.17, 15) is 13.2 Å². The van der Waals surface area contributed by atoms with E-state index in [-0.39, 0.29) is 5.83 Å². The van der Waals surface area contributed by atoms with Crippen LogP contribution in [0.1, 0.15) is 19.4 Å². The molecule has 0 bridgehead atoms. The van der Waals surface area contributed by atoms with Crippen molar-refractivity contribution in [2.45, 2.75) is 20.4 Å². The molecule has 1 rings (SSSR count). The fourth-order valence-electron chi connectivity index (χ4n) is 0.875. The van der Waals surface area contributed by atoms with Crippen molar-refractivity contribution in [1.29, 1.82) is 0 Å². The van der Waals surface area contributed by atoms with Gasteiger partial charge in [0.2, 0.25) is 0 Å². The van der Waals surface area contributed by atoms with E-state index >= 15 is 0 Å². The SMILES string of the molecule is C/C=C(\C)F.CNCc1cccc(F)c1F. The molecule has 0 saturated heterocycles. The van der Waals surface area contributed by atoms with E-state index in [0.29, 0.717) is 12.1 Å².